The van der Waals surface area contributed by atoms with E-state index in [0.29, 0.717) is 5.92 Å². The summed E-state index contributed by atoms with van der Waals surface area (Å²) >= 11 is 0. The van der Waals surface area contributed by atoms with E-state index in [1.165, 1.54) is 30.5 Å². The average molecular weight is 279 g/mol. The maximum Gasteiger partial charge on any atom is 0.157 e. The summed E-state index contributed by atoms with van der Waals surface area (Å²) in [6.07, 6.45) is 5.86. The predicted molar refractivity (Wildman–Crippen MR) is 86.6 cm³/mol. The van der Waals surface area contributed by atoms with Crippen molar-refractivity contribution in [3.63, 3.8) is 0 Å². The summed E-state index contributed by atoms with van der Waals surface area (Å²) in [6, 6.07) is 20.5. The summed E-state index contributed by atoms with van der Waals surface area (Å²) in [5, 5.41) is 4.45. The molecule has 3 rings (SSSR count). The van der Waals surface area contributed by atoms with Gasteiger partial charge < -0.3 is 4.84 Å². The van der Waals surface area contributed by atoms with Crippen LogP contribution in [-0.2, 0) is 6.42 Å². The van der Waals surface area contributed by atoms with Crippen molar-refractivity contribution in [2.45, 2.75) is 32.1 Å². The van der Waals surface area contributed by atoms with Crippen molar-refractivity contribution in [1.82, 2.24) is 0 Å². The van der Waals surface area contributed by atoms with Gasteiger partial charge in [0.05, 0.1) is 5.71 Å². The van der Waals surface area contributed by atoms with E-state index in [1.807, 2.05) is 30.3 Å². The first-order valence-corrected chi connectivity index (χ1v) is 7.74. The summed E-state index contributed by atoms with van der Waals surface area (Å²) in [5.74, 6) is 1.33. The Morgan fingerprint density at radius 1 is 0.905 bits per heavy atom. The summed E-state index contributed by atoms with van der Waals surface area (Å²) in [4.78, 5) is 5.60. The fraction of sp³-hybridized carbons (Fsp3) is 0.316. The molecule has 0 spiro atoms. The number of rotatable bonds is 4. The first-order valence-electron chi connectivity index (χ1n) is 7.74. The van der Waals surface area contributed by atoms with Gasteiger partial charge in [-0.15, -0.1) is 0 Å². The van der Waals surface area contributed by atoms with E-state index in [1.54, 1.807) is 0 Å². The molecule has 1 unspecified atom stereocenters. The topological polar surface area (TPSA) is 21.6 Å². The van der Waals surface area contributed by atoms with Crippen LogP contribution in [0.15, 0.2) is 65.8 Å². The molecule has 21 heavy (non-hydrogen) atoms. The van der Waals surface area contributed by atoms with E-state index >= 15 is 0 Å². The van der Waals surface area contributed by atoms with Crippen molar-refractivity contribution in [1.29, 1.82) is 0 Å². The number of para-hydroxylation sites is 1. The molecule has 0 bridgehead atoms. The summed E-state index contributed by atoms with van der Waals surface area (Å²) in [5.41, 5.74) is 2.60. The van der Waals surface area contributed by atoms with E-state index in [4.69, 9.17) is 4.84 Å². The summed E-state index contributed by atoms with van der Waals surface area (Å²) < 4.78 is 0. The smallest absolute Gasteiger partial charge is 0.157 e. The lowest BCUT2D eigenvalue weighted by atomic mass is 9.83. The van der Waals surface area contributed by atoms with Gasteiger partial charge in [-0.1, -0.05) is 60.1 Å². The maximum absolute atomic E-state index is 5.60. The van der Waals surface area contributed by atoms with Gasteiger partial charge in [0.2, 0.25) is 0 Å². The van der Waals surface area contributed by atoms with Crippen LogP contribution >= 0.6 is 0 Å². The van der Waals surface area contributed by atoms with Crippen LogP contribution in [0.2, 0.25) is 0 Å². The molecule has 0 saturated heterocycles. The first-order chi connectivity index (χ1) is 10.4. The molecule has 1 saturated carbocycles. The minimum Gasteiger partial charge on any atom is -0.357 e. The highest BCUT2D eigenvalue weighted by atomic mass is 16.6. The molecule has 0 amide bonds. The molecule has 1 atom stereocenters. The number of oxime groups is 1. The number of nitrogens with zero attached hydrogens (tertiary/aromatic N) is 1. The van der Waals surface area contributed by atoms with Crippen molar-refractivity contribution < 1.29 is 4.84 Å². The van der Waals surface area contributed by atoms with Crippen molar-refractivity contribution in [2.75, 3.05) is 0 Å². The molecule has 2 nitrogen and oxygen atoms in total. The minimum absolute atomic E-state index is 0.518. The Hall–Kier alpha value is -2.09. The molecular formula is C19H21NO. The molecule has 2 heteroatoms. The Labute approximate surface area is 126 Å². The van der Waals surface area contributed by atoms with Crippen LogP contribution in [0.1, 0.15) is 31.2 Å². The molecule has 0 aliphatic heterocycles. The Bertz CT molecular complexity index is 577. The molecule has 108 valence electrons. The van der Waals surface area contributed by atoms with E-state index < -0.39 is 0 Å². The standard InChI is InChI=1S/C19H21NO/c1-3-9-16(10-4-1)15-17-11-7-8-14-19(17)20-21-18-12-5-2-6-13-18/h1-6,9-10,12-13,17H,7-8,11,14-15H2. The Morgan fingerprint density at radius 3 is 2.38 bits per heavy atom. The monoisotopic (exact) mass is 279 g/mol. The zero-order chi connectivity index (χ0) is 14.3. The highest BCUT2D eigenvalue weighted by Gasteiger charge is 2.21. The van der Waals surface area contributed by atoms with Gasteiger partial charge in [0.15, 0.2) is 5.75 Å². The predicted octanol–water partition coefficient (Wildman–Crippen LogP) is 4.85. The van der Waals surface area contributed by atoms with Crippen LogP contribution < -0.4 is 4.84 Å². The normalized spacial score (nSPS) is 20.4. The molecule has 2 aromatic rings. The van der Waals surface area contributed by atoms with Gasteiger partial charge in [0.1, 0.15) is 0 Å². The zero-order valence-electron chi connectivity index (χ0n) is 12.2. The molecule has 1 aliphatic carbocycles. The fourth-order valence-electron chi connectivity index (χ4n) is 2.90. The second-order valence-electron chi connectivity index (χ2n) is 5.62. The van der Waals surface area contributed by atoms with Crippen LogP contribution in [0.4, 0.5) is 0 Å². The Kier molecular flexibility index (Phi) is 4.67. The first kappa shape index (κ1) is 13.9. The molecule has 2 aromatic carbocycles. The lowest BCUT2D eigenvalue weighted by Crippen LogP contribution is -2.22. The van der Waals surface area contributed by atoms with E-state index in [-0.39, 0.29) is 0 Å². The van der Waals surface area contributed by atoms with Crippen LogP contribution in [0.5, 0.6) is 5.75 Å². The number of hydrogen-bond acceptors (Lipinski definition) is 2. The SMILES string of the molecule is c1ccc(CC2CCCCC2=NOc2ccccc2)cc1. The van der Waals surface area contributed by atoms with Crippen molar-refractivity contribution >= 4 is 5.71 Å². The third-order valence-corrected chi connectivity index (χ3v) is 4.04. The van der Waals surface area contributed by atoms with E-state index in [0.717, 1.165) is 18.6 Å². The van der Waals surface area contributed by atoms with Crippen LogP contribution in [0, 0.1) is 5.92 Å². The van der Waals surface area contributed by atoms with Crippen molar-refractivity contribution in [3.8, 4) is 5.75 Å². The van der Waals surface area contributed by atoms with E-state index in [2.05, 4.69) is 35.5 Å². The van der Waals surface area contributed by atoms with Gasteiger partial charge in [-0.3, -0.25) is 0 Å². The van der Waals surface area contributed by atoms with Gasteiger partial charge in [-0.25, -0.2) is 0 Å². The van der Waals surface area contributed by atoms with Gasteiger partial charge in [0, 0.05) is 5.92 Å². The van der Waals surface area contributed by atoms with Crippen molar-refractivity contribution in [3.05, 3.63) is 66.2 Å². The number of hydrogen-bond donors (Lipinski definition) is 0. The van der Waals surface area contributed by atoms with Crippen LogP contribution in [0.3, 0.4) is 0 Å². The highest BCUT2D eigenvalue weighted by Crippen LogP contribution is 2.25. The Balaban J connectivity index is 1.69. The van der Waals surface area contributed by atoms with E-state index in [9.17, 15) is 0 Å². The summed E-state index contributed by atoms with van der Waals surface area (Å²) in [7, 11) is 0. The van der Waals surface area contributed by atoms with Gasteiger partial charge in [0.25, 0.3) is 0 Å². The molecule has 0 aromatic heterocycles. The maximum atomic E-state index is 5.60. The molecule has 0 heterocycles. The van der Waals surface area contributed by atoms with Crippen LogP contribution in [0.25, 0.3) is 0 Å². The molecule has 0 radical (unpaired) electrons. The molecule has 1 fully saturated rings. The highest BCUT2D eigenvalue weighted by molar-refractivity contribution is 5.87. The van der Waals surface area contributed by atoms with Gasteiger partial charge >= 0.3 is 0 Å². The Morgan fingerprint density at radius 2 is 1.62 bits per heavy atom. The second-order valence-corrected chi connectivity index (χ2v) is 5.62. The molecular weight excluding hydrogens is 258 g/mol. The van der Waals surface area contributed by atoms with Gasteiger partial charge in [-0.2, -0.15) is 0 Å². The summed E-state index contributed by atoms with van der Waals surface area (Å²) in [6.45, 7) is 0. The molecule has 1 aliphatic rings. The second kappa shape index (κ2) is 7.07. The number of benzene rings is 2. The van der Waals surface area contributed by atoms with Gasteiger partial charge in [-0.05, 0) is 43.4 Å². The molecule has 0 N–H and O–H groups in total. The fourth-order valence-corrected chi connectivity index (χ4v) is 2.90. The minimum atomic E-state index is 0.518. The zero-order valence-corrected chi connectivity index (χ0v) is 12.2. The third-order valence-electron chi connectivity index (χ3n) is 4.04. The largest absolute Gasteiger partial charge is 0.357 e. The quantitative estimate of drug-likeness (QED) is 0.733. The van der Waals surface area contributed by atoms with Crippen molar-refractivity contribution in [2.24, 2.45) is 11.1 Å². The lowest BCUT2D eigenvalue weighted by molar-refractivity contribution is 0.330. The average Bonchev–Trinajstić information content (AvgIpc) is 2.56. The third kappa shape index (κ3) is 3.94. The van der Waals surface area contributed by atoms with Crippen LogP contribution in [-0.4, -0.2) is 5.71 Å². The lowest BCUT2D eigenvalue weighted by Gasteiger charge is -2.23.